The van der Waals surface area contributed by atoms with Gasteiger partial charge in [0.05, 0.1) is 7.11 Å². The molecule has 3 nitrogen and oxygen atoms in total. The predicted molar refractivity (Wildman–Crippen MR) is 106 cm³/mol. The molecule has 0 aliphatic carbocycles. The summed E-state index contributed by atoms with van der Waals surface area (Å²) in [5, 5.41) is 0. The third kappa shape index (κ3) is 4.73. The molecule has 0 bridgehead atoms. The Hall–Kier alpha value is -2.07. The van der Waals surface area contributed by atoms with Crippen LogP contribution in [-0.2, 0) is 6.61 Å². The first-order chi connectivity index (χ1) is 12.3. The molecule has 0 aromatic heterocycles. The van der Waals surface area contributed by atoms with Gasteiger partial charge in [0.15, 0.2) is 11.5 Å². The van der Waals surface area contributed by atoms with Gasteiger partial charge < -0.3 is 14.4 Å². The lowest BCUT2D eigenvalue weighted by atomic mass is 10.1. The molecule has 1 aliphatic rings. The molecule has 0 N–H and O–H groups in total. The van der Waals surface area contributed by atoms with E-state index in [0.717, 1.165) is 40.7 Å². The first-order valence-corrected chi connectivity index (χ1v) is 9.33. The lowest BCUT2D eigenvalue weighted by Gasteiger charge is -2.24. The van der Waals surface area contributed by atoms with Gasteiger partial charge in [-0.05, 0) is 36.6 Å². The molecule has 1 saturated heterocycles. The van der Waals surface area contributed by atoms with Crippen molar-refractivity contribution in [3.8, 4) is 11.5 Å². The number of nitrogens with zero attached hydrogens (tertiary/aromatic N) is 1. The minimum absolute atomic E-state index is 0.521. The number of benzene rings is 2. The summed E-state index contributed by atoms with van der Waals surface area (Å²) in [5.74, 6) is 1.47. The highest BCUT2D eigenvalue weighted by atomic mass is 32.1. The maximum Gasteiger partial charge on any atom is 0.161 e. The molecule has 0 atom stereocenters. The highest BCUT2D eigenvalue weighted by molar-refractivity contribution is 7.80. The number of likely N-dealkylation sites (tertiary alicyclic amines) is 1. The van der Waals surface area contributed by atoms with E-state index >= 15 is 0 Å². The number of hydrogen-bond acceptors (Lipinski definition) is 3. The maximum atomic E-state index is 5.93. The van der Waals surface area contributed by atoms with Crippen LogP contribution in [-0.4, -0.2) is 30.1 Å². The molecule has 0 saturated carbocycles. The Morgan fingerprint density at radius 1 is 0.960 bits per heavy atom. The first kappa shape index (κ1) is 17.7. The second-order valence-corrected chi connectivity index (χ2v) is 6.73. The van der Waals surface area contributed by atoms with Gasteiger partial charge in [-0.1, -0.05) is 55.4 Å². The van der Waals surface area contributed by atoms with Crippen molar-refractivity contribution in [1.29, 1.82) is 0 Å². The van der Waals surface area contributed by atoms with Gasteiger partial charge in [-0.2, -0.15) is 0 Å². The number of thiocarbonyl (C=S) groups is 1. The number of rotatable bonds is 5. The van der Waals surface area contributed by atoms with Gasteiger partial charge in [0.2, 0.25) is 0 Å². The summed E-state index contributed by atoms with van der Waals surface area (Å²) in [6, 6.07) is 16.1. The quantitative estimate of drug-likeness (QED) is 0.717. The molecule has 0 amide bonds. The average Bonchev–Trinajstić information content (AvgIpc) is 2.96. The number of hydrogen-bond donors (Lipinski definition) is 0. The Bertz CT molecular complexity index is 694. The molecule has 25 heavy (non-hydrogen) atoms. The molecule has 3 rings (SSSR count). The molecule has 0 unspecified atom stereocenters. The summed E-state index contributed by atoms with van der Waals surface area (Å²) in [4.78, 5) is 3.23. The van der Waals surface area contributed by atoms with Crippen molar-refractivity contribution in [2.75, 3.05) is 20.2 Å². The summed E-state index contributed by atoms with van der Waals surface area (Å²) in [5.41, 5.74) is 2.16. The molecule has 1 aliphatic heterocycles. The Labute approximate surface area is 155 Å². The summed E-state index contributed by atoms with van der Waals surface area (Å²) >= 11 is 5.72. The fraction of sp³-hybridized carbons (Fsp3) is 0.381. The Kier molecular flexibility index (Phi) is 6.29. The molecular formula is C21H25NO2S. The summed E-state index contributed by atoms with van der Waals surface area (Å²) in [6.45, 7) is 2.62. The van der Waals surface area contributed by atoms with Crippen LogP contribution in [0.5, 0.6) is 11.5 Å². The topological polar surface area (TPSA) is 21.7 Å². The SMILES string of the molecule is COc1cc(C(=S)N2CCCCCC2)ccc1OCc1ccccc1. The van der Waals surface area contributed by atoms with Crippen LogP contribution in [0.4, 0.5) is 0 Å². The Morgan fingerprint density at radius 2 is 1.68 bits per heavy atom. The van der Waals surface area contributed by atoms with Crippen molar-refractivity contribution in [2.45, 2.75) is 32.3 Å². The molecule has 2 aromatic rings. The number of ether oxygens (including phenoxy) is 2. The third-order valence-corrected chi connectivity index (χ3v) is 5.03. The van der Waals surface area contributed by atoms with Gasteiger partial charge >= 0.3 is 0 Å². The first-order valence-electron chi connectivity index (χ1n) is 8.92. The zero-order valence-corrected chi connectivity index (χ0v) is 15.6. The van der Waals surface area contributed by atoms with Crippen molar-refractivity contribution < 1.29 is 9.47 Å². The Morgan fingerprint density at radius 3 is 2.36 bits per heavy atom. The largest absolute Gasteiger partial charge is 0.493 e. The predicted octanol–water partition coefficient (Wildman–Crippen LogP) is 4.83. The maximum absolute atomic E-state index is 5.93. The van der Waals surface area contributed by atoms with Gasteiger partial charge in [0.1, 0.15) is 11.6 Å². The lowest BCUT2D eigenvalue weighted by molar-refractivity contribution is 0.284. The molecule has 0 radical (unpaired) electrons. The monoisotopic (exact) mass is 355 g/mol. The van der Waals surface area contributed by atoms with Crippen molar-refractivity contribution in [3.05, 3.63) is 59.7 Å². The van der Waals surface area contributed by atoms with E-state index in [1.165, 1.54) is 25.7 Å². The second-order valence-electron chi connectivity index (χ2n) is 6.35. The minimum Gasteiger partial charge on any atom is -0.493 e. The standard InChI is InChI=1S/C21H25NO2S/c1-23-20-15-18(21(25)22-13-7-2-3-8-14-22)11-12-19(20)24-16-17-9-5-4-6-10-17/h4-6,9-12,15H,2-3,7-8,13-14,16H2,1H3. The van der Waals surface area contributed by atoms with Crippen LogP contribution in [0.2, 0.25) is 0 Å². The normalized spacial score (nSPS) is 14.7. The zero-order chi connectivity index (χ0) is 17.5. The average molecular weight is 356 g/mol. The van der Waals surface area contributed by atoms with Gasteiger partial charge in [-0.25, -0.2) is 0 Å². The molecular weight excluding hydrogens is 330 g/mol. The van der Waals surface area contributed by atoms with E-state index in [1.807, 2.05) is 36.4 Å². The van der Waals surface area contributed by atoms with Crippen LogP contribution in [0.15, 0.2) is 48.5 Å². The Balaban J connectivity index is 1.71. The van der Waals surface area contributed by atoms with Crippen LogP contribution < -0.4 is 9.47 Å². The van der Waals surface area contributed by atoms with Gasteiger partial charge in [0, 0.05) is 18.7 Å². The highest BCUT2D eigenvalue weighted by Gasteiger charge is 2.16. The van der Waals surface area contributed by atoms with Crippen LogP contribution in [0.1, 0.15) is 36.8 Å². The molecule has 1 fully saturated rings. The lowest BCUT2D eigenvalue weighted by Crippen LogP contribution is -2.31. The van der Waals surface area contributed by atoms with E-state index in [0.29, 0.717) is 6.61 Å². The van der Waals surface area contributed by atoms with Crippen LogP contribution in [0, 0.1) is 0 Å². The zero-order valence-electron chi connectivity index (χ0n) is 14.7. The summed E-state index contributed by atoms with van der Waals surface area (Å²) < 4.78 is 11.5. The molecule has 4 heteroatoms. The van der Waals surface area contributed by atoms with Crippen molar-refractivity contribution in [2.24, 2.45) is 0 Å². The fourth-order valence-corrected chi connectivity index (χ4v) is 3.42. The van der Waals surface area contributed by atoms with E-state index < -0.39 is 0 Å². The van der Waals surface area contributed by atoms with Gasteiger partial charge in [-0.15, -0.1) is 0 Å². The van der Waals surface area contributed by atoms with E-state index in [9.17, 15) is 0 Å². The fourth-order valence-electron chi connectivity index (χ4n) is 3.11. The smallest absolute Gasteiger partial charge is 0.161 e. The highest BCUT2D eigenvalue weighted by Crippen LogP contribution is 2.30. The number of methoxy groups -OCH3 is 1. The van der Waals surface area contributed by atoms with Gasteiger partial charge in [0.25, 0.3) is 0 Å². The molecule has 132 valence electrons. The van der Waals surface area contributed by atoms with Gasteiger partial charge in [-0.3, -0.25) is 0 Å². The minimum atomic E-state index is 0.521. The van der Waals surface area contributed by atoms with Crippen LogP contribution >= 0.6 is 12.2 Å². The van der Waals surface area contributed by atoms with E-state index in [4.69, 9.17) is 21.7 Å². The summed E-state index contributed by atoms with van der Waals surface area (Å²) in [6.07, 6.45) is 5.04. The second kappa shape index (κ2) is 8.86. The van der Waals surface area contributed by atoms with E-state index in [-0.39, 0.29) is 0 Å². The molecule has 0 spiro atoms. The van der Waals surface area contributed by atoms with Crippen molar-refractivity contribution in [1.82, 2.24) is 4.90 Å². The van der Waals surface area contributed by atoms with Crippen LogP contribution in [0.3, 0.4) is 0 Å². The van der Waals surface area contributed by atoms with Crippen molar-refractivity contribution in [3.63, 3.8) is 0 Å². The molecule has 2 aromatic carbocycles. The third-order valence-electron chi connectivity index (χ3n) is 4.54. The van der Waals surface area contributed by atoms with Crippen molar-refractivity contribution >= 4 is 17.2 Å². The molecule has 1 heterocycles. The van der Waals surface area contributed by atoms with E-state index in [1.54, 1.807) is 7.11 Å². The summed E-state index contributed by atoms with van der Waals surface area (Å²) in [7, 11) is 1.67. The van der Waals surface area contributed by atoms with E-state index in [2.05, 4.69) is 17.0 Å². The van der Waals surface area contributed by atoms with Crippen LogP contribution in [0.25, 0.3) is 0 Å².